The van der Waals surface area contributed by atoms with E-state index in [1.165, 1.54) is 0 Å². The number of rotatable bonds is 0. The van der Waals surface area contributed by atoms with E-state index in [9.17, 15) is 0 Å². The second-order valence-corrected chi connectivity index (χ2v) is 1.64. The number of nitrogens with zero attached hydrogens (tertiary/aromatic N) is 2. The summed E-state index contributed by atoms with van der Waals surface area (Å²) in [5, 5.41) is 0. The third-order valence-corrected chi connectivity index (χ3v) is 0.478. The maximum Gasteiger partial charge on any atom is 2.00 e. The van der Waals surface area contributed by atoms with Crippen LogP contribution in [0.25, 0.3) is 0 Å². The largest absolute Gasteiger partial charge is 2.00 e. The molecule has 0 unspecified atom stereocenters. The number of hydrogen-bond acceptors (Lipinski definition) is 5. The summed E-state index contributed by atoms with van der Waals surface area (Å²) in [6.45, 7) is 0. The summed E-state index contributed by atoms with van der Waals surface area (Å²) in [6, 6.07) is 0. The van der Waals surface area contributed by atoms with Crippen LogP contribution in [0.15, 0.2) is 24.8 Å². The molecular formula is C4H7MgN2O4P. The van der Waals surface area contributed by atoms with Crippen LogP contribution >= 0.6 is 8.25 Å². The summed E-state index contributed by atoms with van der Waals surface area (Å²) in [5.74, 6) is 0. The van der Waals surface area contributed by atoms with Gasteiger partial charge in [-0.05, 0) is 0 Å². The topological polar surface area (TPSA) is 120 Å². The molecular weight excluding hydrogens is 195 g/mol. The summed E-state index contributed by atoms with van der Waals surface area (Å²) >= 11 is 0. The van der Waals surface area contributed by atoms with Gasteiger partial charge in [0, 0.05) is 24.8 Å². The van der Waals surface area contributed by atoms with Crippen molar-refractivity contribution in [3.63, 3.8) is 0 Å². The molecule has 1 heterocycles. The molecule has 0 bridgehead atoms. The molecule has 0 aliphatic heterocycles. The van der Waals surface area contributed by atoms with Crippen molar-refractivity contribution in [1.82, 2.24) is 9.97 Å². The van der Waals surface area contributed by atoms with Gasteiger partial charge in [0.05, 0.1) is 0 Å². The van der Waals surface area contributed by atoms with Gasteiger partial charge in [-0.15, -0.1) is 0 Å². The fourth-order valence-corrected chi connectivity index (χ4v) is 0.253. The Hall–Kier alpha value is -0.0438. The van der Waals surface area contributed by atoms with Crippen molar-refractivity contribution in [2.45, 2.75) is 0 Å². The maximum absolute atomic E-state index is 8.52. The molecule has 0 amide bonds. The summed E-state index contributed by atoms with van der Waals surface area (Å²) in [5.41, 5.74) is 0. The smallest absolute Gasteiger partial charge is 0.813 e. The minimum atomic E-state index is -3.63. The normalized spacial score (nSPS) is 6.92. The van der Waals surface area contributed by atoms with Crippen molar-refractivity contribution < 1.29 is 19.8 Å². The molecule has 0 aliphatic carbocycles. The molecule has 64 valence electrons. The Morgan fingerprint density at radius 1 is 1.00 bits per heavy atom. The van der Waals surface area contributed by atoms with Gasteiger partial charge in [-0.2, -0.15) is 0 Å². The van der Waals surface area contributed by atoms with Gasteiger partial charge >= 0.3 is 23.1 Å². The first-order valence-electron chi connectivity index (χ1n) is 2.31. The van der Waals surface area contributed by atoms with Crippen LogP contribution in [0, 0.1) is 0 Å². The van der Waals surface area contributed by atoms with Gasteiger partial charge < -0.3 is 19.8 Å². The average Bonchev–Trinajstić information content (AvgIpc) is 1.90. The minimum absolute atomic E-state index is 0. The van der Waals surface area contributed by atoms with E-state index in [2.05, 4.69) is 9.97 Å². The van der Waals surface area contributed by atoms with Crippen molar-refractivity contribution in [2.75, 3.05) is 0 Å². The molecule has 12 heavy (non-hydrogen) atoms. The van der Waals surface area contributed by atoms with Gasteiger partial charge in [-0.3, -0.25) is 9.97 Å². The van der Waals surface area contributed by atoms with E-state index in [1.54, 1.807) is 24.8 Å². The van der Waals surface area contributed by atoms with Gasteiger partial charge in [0.2, 0.25) is 0 Å². The van der Waals surface area contributed by atoms with Gasteiger partial charge in [0.15, 0.2) is 0 Å². The quantitative estimate of drug-likeness (QED) is 0.336. The number of aromatic nitrogens is 2. The zero-order chi connectivity index (χ0) is 7.82. The second kappa shape index (κ2) is 13.5. The van der Waals surface area contributed by atoms with Crippen LogP contribution in [-0.4, -0.2) is 38.5 Å². The molecule has 0 spiro atoms. The standard InChI is InChI=1S/C4H4N2.Mg.H3O3P.H2O/c1-2-6-4-3-5-1;;1-4(2)3;/h1-4H;;4H,(H2,1,2,3);1H2/q;+2;;/p-2. The SMILES string of the molecule is O.O=[PH]([O-])[O-].[Mg+2].c1cnccn1. The van der Waals surface area contributed by atoms with Gasteiger partial charge in [-0.1, -0.05) is 8.25 Å². The molecule has 0 aliphatic rings. The molecule has 0 saturated heterocycles. The van der Waals surface area contributed by atoms with Crippen molar-refractivity contribution in [1.29, 1.82) is 0 Å². The van der Waals surface area contributed by atoms with Crippen LogP contribution < -0.4 is 9.79 Å². The van der Waals surface area contributed by atoms with Crippen LogP contribution in [0.2, 0.25) is 0 Å². The molecule has 6 nitrogen and oxygen atoms in total. The van der Waals surface area contributed by atoms with E-state index in [1.807, 2.05) is 0 Å². The fourth-order valence-electron chi connectivity index (χ4n) is 0.253. The van der Waals surface area contributed by atoms with Crippen LogP contribution in [0.3, 0.4) is 0 Å². The van der Waals surface area contributed by atoms with E-state index < -0.39 is 8.25 Å². The van der Waals surface area contributed by atoms with Crippen LogP contribution in [0.5, 0.6) is 0 Å². The Labute approximate surface area is 86.1 Å². The Morgan fingerprint density at radius 2 is 1.17 bits per heavy atom. The van der Waals surface area contributed by atoms with E-state index >= 15 is 0 Å². The summed E-state index contributed by atoms with van der Waals surface area (Å²) < 4.78 is 8.52. The first-order chi connectivity index (χ1) is 4.73. The van der Waals surface area contributed by atoms with Crippen molar-refractivity contribution in [2.24, 2.45) is 0 Å². The first kappa shape index (κ1) is 17.9. The molecule has 0 fully saturated rings. The monoisotopic (exact) mass is 202 g/mol. The Kier molecular flexibility index (Phi) is 20.2. The predicted octanol–water partition coefficient (Wildman–Crippen LogP) is -2.63. The third kappa shape index (κ3) is 22.5. The second-order valence-electron chi connectivity index (χ2n) is 1.14. The van der Waals surface area contributed by atoms with Crippen molar-refractivity contribution >= 4 is 31.3 Å². The van der Waals surface area contributed by atoms with E-state index in [0.29, 0.717) is 0 Å². The number of hydrogen-bond donors (Lipinski definition) is 0. The molecule has 0 radical (unpaired) electrons. The third-order valence-electron chi connectivity index (χ3n) is 0.478. The Morgan fingerprint density at radius 3 is 1.25 bits per heavy atom. The van der Waals surface area contributed by atoms with Crippen LogP contribution in [0.4, 0.5) is 0 Å². The van der Waals surface area contributed by atoms with E-state index in [4.69, 9.17) is 14.4 Å². The predicted molar refractivity (Wildman–Crippen MR) is 40.4 cm³/mol. The molecule has 0 atom stereocenters. The summed E-state index contributed by atoms with van der Waals surface area (Å²) in [6.07, 6.45) is 6.56. The fraction of sp³-hybridized carbons (Fsp3) is 0. The first-order valence-corrected chi connectivity index (χ1v) is 3.54. The molecule has 2 N–H and O–H groups in total. The zero-order valence-electron chi connectivity index (χ0n) is 6.14. The Bertz CT molecular complexity index is 157. The minimum Gasteiger partial charge on any atom is -0.813 e. The van der Waals surface area contributed by atoms with Gasteiger partial charge in [-0.25, -0.2) is 0 Å². The van der Waals surface area contributed by atoms with Crippen LogP contribution in [-0.2, 0) is 4.57 Å². The molecule has 0 aromatic carbocycles. The maximum atomic E-state index is 8.52. The molecule has 8 heteroatoms. The Balaban J connectivity index is -0.000000124. The van der Waals surface area contributed by atoms with Gasteiger partial charge in [0.1, 0.15) is 0 Å². The van der Waals surface area contributed by atoms with Crippen LogP contribution in [0.1, 0.15) is 0 Å². The van der Waals surface area contributed by atoms with Crippen molar-refractivity contribution in [3.8, 4) is 0 Å². The van der Waals surface area contributed by atoms with Gasteiger partial charge in [0.25, 0.3) is 0 Å². The summed E-state index contributed by atoms with van der Waals surface area (Å²) in [7, 11) is -3.63. The average molecular weight is 202 g/mol. The summed E-state index contributed by atoms with van der Waals surface area (Å²) in [4.78, 5) is 24.5. The molecule has 1 aromatic rings. The zero-order valence-corrected chi connectivity index (χ0v) is 8.55. The molecule has 1 aromatic heterocycles. The van der Waals surface area contributed by atoms with E-state index in [0.717, 1.165) is 0 Å². The molecule has 1 rings (SSSR count). The molecule has 0 saturated carbocycles. The van der Waals surface area contributed by atoms with Crippen molar-refractivity contribution in [3.05, 3.63) is 24.8 Å². The van der Waals surface area contributed by atoms with E-state index in [-0.39, 0.29) is 28.5 Å².